The molecular weight excluding hydrogens is 600 g/mol. The number of hydrogen-bond donors (Lipinski definition) is 2. The van der Waals surface area contributed by atoms with E-state index in [9.17, 15) is 10.4 Å². The van der Waals surface area contributed by atoms with Crippen molar-refractivity contribution in [2.75, 3.05) is 57.1 Å². The summed E-state index contributed by atoms with van der Waals surface area (Å²) in [5.41, 5.74) is 7.63. The number of fused-ring (bicyclic) bond motifs is 6. The minimum atomic E-state index is -0.701. The van der Waals surface area contributed by atoms with Gasteiger partial charge in [-0.25, -0.2) is 8.78 Å². The Morgan fingerprint density at radius 2 is 1.96 bits per heavy atom. The molecule has 3 atom stereocenters. The molecule has 4 fully saturated rings. The lowest BCUT2D eigenvalue weighted by atomic mass is 9.86. The number of nitriles is 1. The van der Waals surface area contributed by atoms with Crippen LogP contribution >= 0.6 is 11.3 Å². The second kappa shape index (κ2) is 11.0. The number of likely N-dealkylation sites (N-methyl/N-ethyl adjacent to an activating group) is 1. The van der Waals surface area contributed by atoms with E-state index in [-0.39, 0.29) is 71.2 Å². The molecule has 3 N–H and O–H groups in total. The molecule has 2 aromatic carbocycles. The molecule has 5 aliphatic heterocycles. The highest BCUT2D eigenvalue weighted by molar-refractivity contribution is 7.23. The number of aliphatic hydroxyl groups is 1. The molecule has 0 radical (unpaired) electrons. The maximum atomic E-state index is 17.2. The minimum absolute atomic E-state index is 0.00572. The number of β-amino-alcohol motifs (C(OH)–C–C–N with tert-alkyl or cyclic N) is 1. The van der Waals surface area contributed by atoms with E-state index in [1.807, 2.05) is 0 Å². The molecule has 2 aromatic heterocycles. The molecule has 13 heteroatoms. The van der Waals surface area contributed by atoms with Crippen LogP contribution in [0, 0.1) is 23.0 Å². The number of nitrogens with two attached hydrogens (primary N) is 1. The van der Waals surface area contributed by atoms with Gasteiger partial charge in [-0.2, -0.15) is 15.2 Å². The highest BCUT2D eigenvalue weighted by Gasteiger charge is 2.46. The van der Waals surface area contributed by atoms with Gasteiger partial charge < -0.3 is 30.1 Å². The molecular formula is C32H33F2N7O3S. The van der Waals surface area contributed by atoms with Gasteiger partial charge in [0.1, 0.15) is 34.8 Å². The first kappa shape index (κ1) is 28.8. The molecule has 234 valence electrons. The fraction of sp³-hybridized carbons (Fsp3) is 0.469. The van der Waals surface area contributed by atoms with Gasteiger partial charge in [0.25, 0.3) is 0 Å². The van der Waals surface area contributed by atoms with Crippen LogP contribution in [0.25, 0.3) is 32.1 Å². The molecule has 0 saturated carbocycles. The number of thiophene rings is 1. The van der Waals surface area contributed by atoms with Gasteiger partial charge in [0.15, 0.2) is 5.82 Å². The molecule has 5 aliphatic rings. The Morgan fingerprint density at radius 3 is 2.73 bits per heavy atom. The van der Waals surface area contributed by atoms with Crippen LogP contribution in [0.5, 0.6) is 6.01 Å². The summed E-state index contributed by atoms with van der Waals surface area (Å²) in [4.78, 5) is 16.3. The predicted octanol–water partition coefficient (Wildman–Crippen LogP) is 4.00. The van der Waals surface area contributed by atoms with Gasteiger partial charge in [0.2, 0.25) is 0 Å². The Balaban J connectivity index is 1.34. The number of rotatable bonds is 7. The maximum absolute atomic E-state index is 17.2. The van der Waals surface area contributed by atoms with Crippen molar-refractivity contribution in [3.63, 3.8) is 0 Å². The summed E-state index contributed by atoms with van der Waals surface area (Å²) in [6.45, 7) is 3.81. The topological polar surface area (TPSA) is 124 Å². The molecule has 7 heterocycles. The highest BCUT2D eigenvalue weighted by atomic mass is 32.1. The summed E-state index contributed by atoms with van der Waals surface area (Å²) < 4.78 is 45.8. The summed E-state index contributed by atoms with van der Waals surface area (Å²) >= 11 is 1.17. The number of piperazine rings is 1. The number of benzene rings is 2. The lowest BCUT2D eigenvalue weighted by Gasteiger charge is -2.56. The van der Waals surface area contributed by atoms with Crippen LogP contribution in [-0.4, -0.2) is 89.4 Å². The Labute approximate surface area is 262 Å². The van der Waals surface area contributed by atoms with Gasteiger partial charge in [-0.1, -0.05) is 0 Å². The van der Waals surface area contributed by atoms with Crippen molar-refractivity contribution in [2.45, 2.75) is 50.6 Å². The number of halogens is 2. The molecule has 2 bridgehead atoms. The first-order valence-corrected chi connectivity index (χ1v) is 16.2. The first-order chi connectivity index (χ1) is 21.9. The van der Waals surface area contributed by atoms with Crippen molar-refractivity contribution < 1.29 is 23.4 Å². The van der Waals surface area contributed by atoms with E-state index in [0.717, 1.165) is 44.5 Å². The fourth-order valence-corrected chi connectivity index (χ4v) is 8.82. The molecule has 9 rings (SSSR count). The first-order valence-electron chi connectivity index (χ1n) is 15.4. The van der Waals surface area contributed by atoms with Crippen LogP contribution in [0.2, 0.25) is 0 Å². The second-order valence-electron chi connectivity index (χ2n) is 12.5. The van der Waals surface area contributed by atoms with E-state index in [4.69, 9.17) is 20.2 Å². The van der Waals surface area contributed by atoms with Crippen LogP contribution in [0.3, 0.4) is 0 Å². The molecule has 45 heavy (non-hydrogen) atoms. The van der Waals surface area contributed by atoms with Crippen LogP contribution < -0.4 is 15.4 Å². The van der Waals surface area contributed by atoms with E-state index < -0.39 is 11.6 Å². The number of piperidine rings is 1. The Kier molecular flexibility index (Phi) is 7.03. The smallest absolute Gasteiger partial charge is 0.319 e. The largest absolute Gasteiger partial charge is 0.462 e. The SMILES string of the molecule is CN1CC2CC(C1)N2c1nc(OC[C@@H]2CCCN2CCO)nc2c(F)c(-c3c(F)ccc4sc(N)c(C#N)c34)c3c(c12)COC3. The summed E-state index contributed by atoms with van der Waals surface area (Å²) in [7, 11) is 2.10. The van der Waals surface area contributed by atoms with Gasteiger partial charge >= 0.3 is 6.01 Å². The Hall–Kier alpha value is -3.67. The van der Waals surface area contributed by atoms with Crippen LogP contribution in [0.4, 0.5) is 19.6 Å². The third-order valence-corrected chi connectivity index (χ3v) is 10.8. The van der Waals surface area contributed by atoms with Gasteiger partial charge in [-0.05, 0) is 56.1 Å². The number of aliphatic hydroxyl groups excluding tert-OH is 1. The molecule has 10 nitrogen and oxygen atoms in total. The molecule has 0 amide bonds. The number of likely N-dealkylation sites (tertiary alicyclic amines) is 1. The summed E-state index contributed by atoms with van der Waals surface area (Å²) in [6.07, 6.45) is 2.94. The average molecular weight is 634 g/mol. The second-order valence-corrected chi connectivity index (χ2v) is 13.6. The summed E-state index contributed by atoms with van der Waals surface area (Å²) in [6, 6.07) is 5.54. The van der Waals surface area contributed by atoms with Gasteiger partial charge in [0.05, 0.1) is 30.8 Å². The third-order valence-electron chi connectivity index (χ3n) is 9.86. The number of hydrogen-bond acceptors (Lipinski definition) is 11. The van der Waals surface area contributed by atoms with Crippen molar-refractivity contribution in [2.24, 2.45) is 0 Å². The van der Waals surface area contributed by atoms with Crippen LogP contribution in [0.1, 0.15) is 36.0 Å². The minimum Gasteiger partial charge on any atom is -0.462 e. The van der Waals surface area contributed by atoms with Crippen molar-refractivity contribution in [3.05, 3.63) is 40.5 Å². The van der Waals surface area contributed by atoms with Crippen molar-refractivity contribution in [3.8, 4) is 23.2 Å². The summed E-state index contributed by atoms with van der Waals surface area (Å²) in [5.74, 6) is -0.736. The highest BCUT2D eigenvalue weighted by Crippen LogP contribution is 2.49. The monoisotopic (exact) mass is 633 g/mol. The quantitative estimate of drug-likeness (QED) is 0.309. The fourth-order valence-electron chi connectivity index (χ4n) is 7.89. The maximum Gasteiger partial charge on any atom is 0.319 e. The van der Waals surface area contributed by atoms with E-state index in [2.05, 4.69) is 32.8 Å². The zero-order chi connectivity index (χ0) is 31.0. The van der Waals surface area contributed by atoms with E-state index in [1.165, 1.54) is 17.4 Å². The van der Waals surface area contributed by atoms with Crippen LogP contribution in [0.15, 0.2) is 12.1 Å². The number of anilines is 2. The molecule has 4 saturated heterocycles. The normalized spacial score (nSPS) is 23.1. The zero-order valence-corrected chi connectivity index (χ0v) is 25.7. The molecule has 0 aliphatic carbocycles. The van der Waals surface area contributed by atoms with E-state index >= 15 is 8.78 Å². The number of aromatic nitrogens is 2. The Morgan fingerprint density at radius 1 is 1.16 bits per heavy atom. The number of nitrogen functional groups attached to an aromatic ring is 1. The van der Waals surface area contributed by atoms with Crippen molar-refractivity contribution >= 4 is 43.1 Å². The van der Waals surface area contributed by atoms with Crippen molar-refractivity contribution in [1.29, 1.82) is 5.26 Å². The predicted molar refractivity (Wildman–Crippen MR) is 167 cm³/mol. The lowest BCUT2D eigenvalue weighted by Crippen LogP contribution is -2.68. The third kappa shape index (κ3) is 4.45. The van der Waals surface area contributed by atoms with Crippen molar-refractivity contribution in [1.82, 2.24) is 19.8 Å². The van der Waals surface area contributed by atoms with Crippen LogP contribution in [-0.2, 0) is 18.0 Å². The Bertz CT molecular complexity index is 1880. The average Bonchev–Trinajstić information content (AvgIpc) is 3.75. The number of ether oxygens (including phenoxy) is 2. The summed E-state index contributed by atoms with van der Waals surface area (Å²) in [5, 5.41) is 20.6. The van der Waals surface area contributed by atoms with Gasteiger partial charge in [-0.3, -0.25) is 4.90 Å². The van der Waals surface area contributed by atoms with Gasteiger partial charge in [-0.15, -0.1) is 11.3 Å². The molecule has 2 unspecified atom stereocenters. The van der Waals surface area contributed by atoms with E-state index in [0.29, 0.717) is 40.0 Å². The molecule has 0 spiro atoms. The zero-order valence-electron chi connectivity index (χ0n) is 24.9. The standard InChI is InChI=1S/C32H33F2N7O3S/c1-39-11-17-9-18(12-39)41(17)31-26-21-15-43-14-20(21)25(27-22(33)4-5-23-24(27)19(10-35)30(36)45-23)28(34)29(26)37-32(38-31)44-13-16-3-2-6-40(16)7-8-42/h4-5,16-18,42H,2-3,6-9,11-15,36H2,1H3/t16-,17?,18?/m0/s1. The number of nitrogens with zero attached hydrogens (tertiary/aromatic N) is 6. The van der Waals surface area contributed by atoms with Gasteiger partial charge in [0, 0.05) is 59.0 Å². The lowest BCUT2D eigenvalue weighted by molar-refractivity contribution is 0.133. The van der Waals surface area contributed by atoms with E-state index in [1.54, 1.807) is 6.07 Å². The molecule has 4 aromatic rings.